The van der Waals surface area contributed by atoms with Gasteiger partial charge in [0.05, 0.1) is 39.9 Å². The number of anilines is 1. The second kappa shape index (κ2) is 8.24. The van der Waals surface area contributed by atoms with E-state index < -0.39 is 39.5 Å². The molecule has 4 rings (SSSR count). The van der Waals surface area contributed by atoms with E-state index >= 15 is 0 Å². The lowest BCUT2D eigenvalue weighted by atomic mass is 10.1. The van der Waals surface area contributed by atoms with Gasteiger partial charge in [-0.2, -0.15) is 13.2 Å². The Morgan fingerprint density at radius 2 is 1.94 bits per heavy atom. The number of amidine groups is 1. The highest BCUT2D eigenvalue weighted by atomic mass is 79.9. The zero-order chi connectivity index (χ0) is 22.6. The number of rotatable bonds is 3. The molecular weight excluding hydrogens is 544 g/mol. The van der Waals surface area contributed by atoms with E-state index in [0.717, 1.165) is 30.0 Å². The Morgan fingerprint density at radius 3 is 2.61 bits per heavy atom. The molecule has 0 spiro atoms. The molecule has 2 heterocycles. The van der Waals surface area contributed by atoms with Crippen molar-refractivity contribution in [3.05, 3.63) is 62.8 Å². The first-order valence-electron chi connectivity index (χ1n) is 8.95. The summed E-state index contributed by atoms with van der Waals surface area (Å²) in [7, 11) is -3.39. The van der Waals surface area contributed by atoms with Crippen LogP contribution in [0.4, 0.5) is 23.2 Å². The smallest absolute Gasteiger partial charge is 0.313 e. The minimum Gasteiger partial charge on any atom is -0.313 e. The van der Waals surface area contributed by atoms with Gasteiger partial charge in [-0.1, -0.05) is 45.4 Å². The van der Waals surface area contributed by atoms with Gasteiger partial charge in [-0.3, -0.25) is 4.99 Å². The minimum absolute atomic E-state index is 0.0311. The Balaban J connectivity index is 1.70. The van der Waals surface area contributed by atoms with Crippen LogP contribution in [0.25, 0.3) is 0 Å². The van der Waals surface area contributed by atoms with Crippen LogP contribution in [0.3, 0.4) is 0 Å². The van der Waals surface area contributed by atoms with Gasteiger partial charge in [0.15, 0.2) is 15.0 Å². The maximum atomic E-state index is 14.2. The zero-order valence-corrected chi connectivity index (χ0v) is 19.5. The van der Waals surface area contributed by atoms with Crippen LogP contribution in [0.15, 0.2) is 45.9 Å². The van der Waals surface area contributed by atoms with Crippen LogP contribution >= 0.6 is 39.3 Å². The summed E-state index contributed by atoms with van der Waals surface area (Å²) in [4.78, 5) is 5.91. The van der Waals surface area contributed by atoms with Gasteiger partial charge in [0, 0.05) is 10.2 Å². The van der Waals surface area contributed by atoms with Crippen molar-refractivity contribution in [1.82, 2.24) is 0 Å². The van der Waals surface area contributed by atoms with Gasteiger partial charge >= 0.3 is 6.18 Å². The molecule has 0 N–H and O–H groups in total. The molecule has 2 aliphatic rings. The van der Waals surface area contributed by atoms with Crippen molar-refractivity contribution in [2.24, 2.45) is 4.99 Å². The predicted octanol–water partition coefficient (Wildman–Crippen LogP) is 5.54. The number of thioether (sulfide) groups is 1. The molecule has 2 aliphatic heterocycles. The first-order valence-corrected chi connectivity index (χ1v) is 12.9. The highest BCUT2D eigenvalue weighted by Gasteiger charge is 2.48. The third kappa shape index (κ3) is 4.74. The summed E-state index contributed by atoms with van der Waals surface area (Å²) >= 11 is 10.5. The Morgan fingerprint density at radius 1 is 1.19 bits per heavy atom. The van der Waals surface area contributed by atoms with Crippen molar-refractivity contribution in [2.45, 2.75) is 24.0 Å². The number of benzene rings is 2. The van der Waals surface area contributed by atoms with Crippen LogP contribution in [0.1, 0.15) is 11.1 Å². The molecule has 4 nitrogen and oxygen atoms in total. The highest BCUT2D eigenvalue weighted by Crippen LogP contribution is 2.41. The third-order valence-corrected chi connectivity index (χ3v) is 8.54. The van der Waals surface area contributed by atoms with Crippen LogP contribution in [0.2, 0.25) is 5.02 Å². The van der Waals surface area contributed by atoms with E-state index in [1.54, 1.807) is 12.1 Å². The average molecular weight is 558 g/mol. The average Bonchev–Trinajstić information content (AvgIpc) is 3.11. The van der Waals surface area contributed by atoms with E-state index in [-0.39, 0.29) is 28.0 Å². The first kappa shape index (κ1) is 22.9. The van der Waals surface area contributed by atoms with Gasteiger partial charge in [-0.05, 0) is 35.9 Å². The Bertz CT molecular complexity index is 1170. The molecular formula is C19H14BrClF4N2O2S2. The predicted molar refractivity (Wildman–Crippen MR) is 118 cm³/mol. The molecule has 31 heavy (non-hydrogen) atoms. The monoisotopic (exact) mass is 556 g/mol. The topological polar surface area (TPSA) is 49.7 Å². The quantitative estimate of drug-likeness (QED) is 0.466. The molecule has 0 radical (unpaired) electrons. The number of alkyl halides is 3. The Labute approximate surface area is 193 Å². The fourth-order valence-electron chi connectivity index (χ4n) is 3.57. The summed E-state index contributed by atoms with van der Waals surface area (Å²) < 4.78 is 78.9. The number of fused-ring (bicyclic) bond motifs is 1. The molecule has 2 aromatic carbocycles. The molecule has 2 unspecified atom stereocenters. The number of sulfone groups is 1. The van der Waals surface area contributed by atoms with Crippen LogP contribution in [0.5, 0.6) is 0 Å². The summed E-state index contributed by atoms with van der Waals surface area (Å²) in [6.45, 7) is 0. The molecule has 0 aromatic heterocycles. The molecule has 0 bridgehead atoms. The lowest BCUT2D eigenvalue weighted by Gasteiger charge is -2.28. The maximum Gasteiger partial charge on any atom is 0.416 e. The van der Waals surface area contributed by atoms with E-state index in [1.807, 2.05) is 0 Å². The van der Waals surface area contributed by atoms with Crippen molar-refractivity contribution in [1.29, 1.82) is 0 Å². The van der Waals surface area contributed by atoms with Crippen molar-refractivity contribution in [3.8, 4) is 0 Å². The largest absolute Gasteiger partial charge is 0.416 e. The van der Waals surface area contributed by atoms with Crippen LogP contribution in [-0.4, -0.2) is 37.2 Å². The second-order valence-corrected chi connectivity index (χ2v) is 11.6. The summed E-state index contributed by atoms with van der Waals surface area (Å²) in [5.41, 5.74) is -0.487. The lowest BCUT2D eigenvalue weighted by molar-refractivity contribution is -0.137. The number of halogens is 6. The molecule has 0 saturated carbocycles. The summed E-state index contributed by atoms with van der Waals surface area (Å²) in [6, 6.07) is 6.20. The standard InChI is InChI=1S/C19H14BrClF4N2O2S2/c20-12-3-1-10(14(22)6-12)7-30-18-26-15-8-31(28,29)9-17(15)27(18)16-5-11(19(23,24)25)2-4-13(16)21/h1-6,15,17H,7-9H2. The summed E-state index contributed by atoms with van der Waals surface area (Å²) in [5, 5.41) is 0.356. The summed E-state index contributed by atoms with van der Waals surface area (Å²) in [5.74, 6) is -0.713. The zero-order valence-electron chi connectivity index (χ0n) is 15.5. The van der Waals surface area contributed by atoms with E-state index in [0.29, 0.717) is 15.2 Å². The summed E-state index contributed by atoms with van der Waals surface area (Å²) in [6.07, 6.45) is -4.59. The van der Waals surface area contributed by atoms with Crippen LogP contribution in [0, 0.1) is 5.82 Å². The van der Waals surface area contributed by atoms with Crippen molar-refractivity contribution < 1.29 is 26.0 Å². The Kier molecular flexibility index (Phi) is 6.08. The lowest BCUT2D eigenvalue weighted by Crippen LogP contribution is -2.39. The fraction of sp³-hybridized carbons (Fsp3) is 0.316. The third-order valence-electron chi connectivity index (χ3n) is 5.01. The maximum absolute atomic E-state index is 14.2. The number of hydrogen-bond donors (Lipinski definition) is 0. The SMILES string of the molecule is O=S1(=O)CC2N=C(SCc3ccc(Br)cc3F)N(c3cc(C(F)(F)F)ccc3Cl)C2C1. The molecule has 12 heteroatoms. The van der Waals surface area contributed by atoms with Gasteiger partial charge in [-0.15, -0.1) is 0 Å². The molecule has 1 saturated heterocycles. The van der Waals surface area contributed by atoms with Crippen molar-refractivity contribution in [3.63, 3.8) is 0 Å². The van der Waals surface area contributed by atoms with E-state index in [9.17, 15) is 26.0 Å². The van der Waals surface area contributed by atoms with Gasteiger partial charge in [0.2, 0.25) is 0 Å². The number of nitrogens with zero attached hydrogens (tertiary/aromatic N) is 2. The molecule has 0 aliphatic carbocycles. The van der Waals surface area contributed by atoms with Crippen molar-refractivity contribution >= 4 is 60.0 Å². The molecule has 2 aromatic rings. The van der Waals surface area contributed by atoms with Crippen LogP contribution in [-0.2, 0) is 21.8 Å². The second-order valence-electron chi connectivity index (χ2n) is 7.18. The van der Waals surface area contributed by atoms with E-state index in [2.05, 4.69) is 20.9 Å². The fourth-order valence-corrected chi connectivity index (χ4v) is 7.06. The van der Waals surface area contributed by atoms with Gasteiger partial charge in [-0.25, -0.2) is 12.8 Å². The normalized spacial score (nSPS) is 22.5. The van der Waals surface area contributed by atoms with Crippen LogP contribution < -0.4 is 4.90 Å². The molecule has 0 amide bonds. The van der Waals surface area contributed by atoms with Gasteiger partial charge in [0.1, 0.15) is 5.82 Å². The van der Waals surface area contributed by atoms with E-state index in [4.69, 9.17) is 11.6 Å². The van der Waals surface area contributed by atoms with Crippen molar-refractivity contribution in [2.75, 3.05) is 16.4 Å². The Hall–Kier alpha value is -1.30. The number of hydrogen-bond acceptors (Lipinski definition) is 5. The minimum atomic E-state index is -4.59. The highest BCUT2D eigenvalue weighted by molar-refractivity contribution is 9.10. The molecule has 1 fully saturated rings. The van der Waals surface area contributed by atoms with Gasteiger partial charge in [0.25, 0.3) is 0 Å². The van der Waals surface area contributed by atoms with Gasteiger partial charge < -0.3 is 4.90 Å². The molecule has 166 valence electrons. The first-order chi connectivity index (χ1) is 14.4. The number of aliphatic imine (C=N–C) groups is 1. The molecule has 2 atom stereocenters. The van der Waals surface area contributed by atoms with E-state index in [1.165, 1.54) is 11.0 Å².